The maximum absolute atomic E-state index is 10.9. The zero-order valence-corrected chi connectivity index (χ0v) is 15.3. The first-order valence-corrected chi connectivity index (χ1v) is 9.09. The highest BCUT2D eigenvalue weighted by atomic mass is 16.6. The van der Waals surface area contributed by atoms with Crippen LogP contribution in [0.5, 0.6) is 0 Å². The normalized spacial score (nSPS) is 11.0. The minimum atomic E-state index is -0.324. The Kier molecular flexibility index (Phi) is 7.61. The molecule has 0 unspecified atom stereocenters. The third-order valence-corrected chi connectivity index (χ3v) is 4.50. The number of hydrogen-bond acceptors (Lipinski definition) is 3. The Balaban J connectivity index is 1.91. The van der Waals surface area contributed by atoms with E-state index in [4.69, 9.17) is 0 Å². The fourth-order valence-corrected chi connectivity index (χ4v) is 2.87. The molecule has 0 aliphatic rings. The van der Waals surface area contributed by atoms with E-state index >= 15 is 0 Å². The van der Waals surface area contributed by atoms with E-state index < -0.39 is 0 Å². The van der Waals surface area contributed by atoms with E-state index in [-0.39, 0.29) is 10.6 Å². The Morgan fingerprint density at radius 2 is 1.64 bits per heavy atom. The Labute approximate surface area is 150 Å². The smallest absolute Gasteiger partial charge is 0.269 e. The first-order chi connectivity index (χ1) is 12.1. The predicted octanol–water partition coefficient (Wildman–Crippen LogP) is 4.79. The lowest BCUT2D eigenvalue weighted by atomic mass is 10.1. The van der Waals surface area contributed by atoms with Crippen LogP contribution in [0.25, 0.3) is 0 Å². The first kappa shape index (κ1) is 19.1. The molecule has 25 heavy (non-hydrogen) atoms. The fourth-order valence-electron chi connectivity index (χ4n) is 2.87. The van der Waals surface area contributed by atoms with Crippen LogP contribution in [-0.4, -0.2) is 29.5 Å². The molecule has 0 aliphatic heterocycles. The summed E-state index contributed by atoms with van der Waals surface area (Å²) in [6.45, 7) is 7.36. The van der Waals surface area contributed by atoms with Gasteiger partial charge in [-0.2, -0.15) is 0 Å². The van der Waals surface area contributed by atoms with Crippen molar-refractivity contribution in [2.24, 2.45) is 0 Å². The first-order valence-electron chi connectivity index (χ1n) is 9.09. The van der Waals surface area contributed by atoms with Crippen molar-refractivity contribution in [3.8, 4) is 0 Å². The van der Waals surface area contributed by atoms with Crippen LogP contribution in [0.15, 0.2) is 48.5 Å². The average molecular weight is 340 g/mol. The Hall–Kier alpha value is -2.20. The number of nitrogens with zero attached hydrogens (tertiary/aromatic N) is 2. The van der Waals surface area contributed by atoms with Crippen molar-refractivity contribution in [3.63, 3.8) is 0 Å². The van der Waals surface area contributed by atoms with Crippen molar-refractivity contribution in [2.45, 2.75) is 39.5 Å². The molecule has 0 spiro atoms. The van der Waals surface area contributed by atoms with E-state index in [0.717, 1.165) is 38.0 Å². The van der Waals surface area contributed by atoms with Gasteiger partial charge < -0.3 is 4.90 Å². The minimum Gasteiger partial charge on any atom is -0.303 e. The van der Waals surface area contributed by atoms with Crippen molar-refractivity contribution in [1.82, 2.24) is 4.90 Å². The number of non-ortho nitro benzene ring substituents is 1. The van der Waals surface area contributed by atoms with Crippen molar-refractivity contribution in [3.05, 3.63) is 75.3 Å². The number of hydrogen-bond donors (Lipinski definition) is 0. The summed E-state index contributed by atoms with van der Waals surface area (Å²) in [4.78, 5) is 13.1. The monoisotopic (exact) mass is 340 g/mol. The molecule has 2 rings (SSSR count). The van der Waals surface area contributed by atoms with Gasteiger partial charge in [-0.05, 0) is 43.9 Å². The summed E-state index contributed by atoms with van der Waals surface area (Å²) in [7, 11) is 0. The topological polar surface area (TPSA) is 46.4 Å². The van der Waals surface area contributed by atoms with Crippen LogP contribution in [0.3, 0.4) is 0 Å². The van der Waals surface area contributed by atoms with Crippen molar-refractivity contribution in [2.75, 3.05) is 19.6 Å². The quantitative estimate of drug-likeness (QED) is 0.461. The maximum atomic E-state index is 10.9. The molecule has 0 saturated carbocycles. The van der Waals surface area contributed by atoms with Crippen LogP contribution in [-0.2, 0) is 12.8 Å². The predicted molar refractivity (Wildman–Crippen MR) is 103 cm³/mol. The van der Waals surface area contributed by atoms with Gasteiger partial charge in [0, 0.05) is 25.2 Å². The van der Waals surface area contributed by atoms with E-state index in [0.29, 0.717) is 0 Å². The lowest BCUT2D eigenvalue weighted by Gasteiger charge is -2.22. The second-order valence-electron chi connectivity index (χ2n) is 6.61. The van der Waals surface area contributed by atoms with Crippen LogP contribution in [0.1, 0.15) is 36.5 Å². The fraction of sp³-hybridized carbons (Fsp3) is 0.429. The lowest BCUT2D eigenvalue weighted by molar-refractivity contribution is -0.384. The standard InChI is InChI=1S/C21H28N2O2/c1-3-4-14-22(15-12-19-10-8-18(2)9-11-19)16-13-20-6-5-7-21(17-20)23(24)25/h5-11,17H,3-4,12-16H2,1-2H3. The van der Waals surface area contributed by atoms with Gasteiger partial charge in [0.1, 0.15) is 0 Å². The second-order valence-corrected chi connectivity index (χ2v) is 6.61. The Morgan fingerprint density at radius 1 is 0.960 bits per heavy atom. The molecule has 0 saturated heterocycles. The summed E-state index contributed by atoms with van der Waals surface area (Å²) in [6.07, 6.45) is 4.25. The van der Waals surface area contributed by atoms with Gasteiger partial charge in [0.2, 0.25) is 0 Å². The number of benzene rings is 2. The van der Waals surface area contributed by atoms with Crippen molar-refractivity contribution in [1.29, 1.82) is 0 Å². The summed E-state index contributed by atoms with van der Waals surface area (Å²) >= 11 is 0. The molecule has 0 bridgehead atoms. The number of nitro groups is 1. The summed E-state index contributed by atoms with van der Waals surface area (Å²) in [5.41, 5.74) is 3.86. The zero-order chi connectivity index (χ0) is 18.1. The number of nitro benzene ring substituents is 1. The van der Waals surface area contributed by atoms with E-state index in [2.05, 4.69) is 43.0 Å². The highest BCUT2D eigenvalue weighted by Gasteiger charge is 2.09. The molecule has 0 aromatic heterocycles. The average Bonchev–Trinajstić information content (AvgIpc) is 2.62. The molecule has 0 N–H and O–H groups in total. The molecule has 134 valence electrons. The molecule has 0 atom stereocenters. The van der Waals surface area contributed by atoms with Crippen LogP contribution >= 0.6 is 0 Å². The van der Waals surface area contributed by atoms with Gasteiger partial charge in [0.05, 0.1) is 4.92 Å². The summed E-state index contributed by atoms with van der Waals surface area (Å²) in [5, 5.41) is 10.9. The highest BCUT2D eigenvalue weighted by Crippen LogP contribution is 2.14. The van der Waals surface area contributed by atoms with Crippen LogP contribution in [0.4, 0.5) is 5.69 Å². The number of rotatable bonds is 10. The molecule has 0 radical (unpaired) electrons. The third-order valence-electron chi connectivity index (χ3n) is 4.50. The van der Waals surface area contributed by atoms with Gasteiger partial charge in [0.25, 0.3) is 5.69 Å². The van der Waals surface area contributed by atoms with Gasteiger partial charge in [-0.3, -0.25) is 10.1 Å². The summed E-state index contributed by atoms with van der Waals surface area (Å²) in [6, 6.07) is 15.7. The summed E-state index contributed by atoms with van der Waals surface area (Å²) in [5.74, 6) is 0. The van der Waals surface area contributed by atoms with E-state index in [1.807, 2.05) is 6.07 Å². The van der Waals surface area contributed by atoms with Crippen molar-refractivity contribution >= 4 is 5.69 Å². The highest BCUT2D eigenvalue weighted by molar-refractivity contribution is 5.34. The largest absolute Gasteiger partial charge is 0.303 e. The van der Waals surface area contributed by atoms with Crippen molar-refractivity contribution < 1.29 is 4.92 Å². The van der Waals surface area contributed by atoms with Gasteiger partial charge in [-0.1, -0.05) is 55.3 Å². The second kappa shape index (κ2) is 9.94. The lowest BCUT2D eigenvalue weighted by Crippen LogP contribution is -2.29. The molecular formula is C21H28N2O2. The zero-order valence-electron chi connectivity index (χ0n) is 15.3. The van der Waals surface area contributed by atoms with E-state index in [1.54, 1.807) is 18.2 Å². The molecule has 0 amide bonds. The molecule has 2 aromatic rings. The summed E-state index contributed by atoms with van der Waals surface area (Å²) < 4.78 is 0. The molecular weight excluding hydrogens is 312 g/mol. The third kappa shape index (κ3) is 6.67. The van der Waals surface area contributed by atoms with E-state index in [1.165, 1.54) is 24.0 Å². The van der Waals surface area contributed by atoms with Gasteiger partial charge in [-0.25, -0.2) is 0 Å². The van der Waals surface area contributed by atoms with Gasteiger partial charge in [0.15, 0.2) is 0 Å². The maximum Gasteiger partial charge on any atom is 0.269 e. The molecule has 0 heterocycles. The minimum absolute atomic E-state index is 0.178. The number of unbranched alkanes of at least 4 members (excludes halogenated alkanes) is 1. The van der Waals surface area contributed by atoms with Gasteiger partial charge >= 0.3 is 0 Å². The van der Waals surface area contributed by atoms with Crippen LogP contribution in [0, 0.1) is 17.0 Å². The number of aryl methyl sites for hydroxylation is 1. The van der Waals surface area contributed by atoms with Gasteiger partial charge in [-0.15, -0.1) is 0 Å². The molecule has 4 nitrogen and oxygen atoms in total. The molecule has 0 aliphatic carbocycles. The SMILES string of the molecule is CCCCN(CCc1ccc(C)cc1)CCc1cccc([N+](=O)[O-])c1. The Bertz CT molecular complexity index is 668. The van der Waals surface area contributed by atoms with E-state index in [9.17, 15) is 10.1 Å². The van der Waals surface area contributed by atoms with Crippen LogP contribution in [0.2, 0.25) is 0 Å². The van der Waals surface area contributed by atoms with Crippen LogP contribution < -0.4 is 0 Å². The Morgan fingerprint density at radius 3 is 2.28 bits per heavy atom. The molecule has 2 aromatic carbocycles. The molecule has 4 heteroatoms. The molecule has 0 fully saturated rings.